The van der Waals surface area contributed by atoms with Crippen LogP contribution in [0.4, 0.5) is 13.2 Å². The molecule has 0 saturated heterocycles. The van der Waals surface area contributed by atoms with E-state index in [4.69, 9.17) is 10.5 Å². The quantitative estimate of drug-likeness (QED) is 0.690. The predicted octanol–water partition coefficient (Wildman–Crippen LogP) is 1.94. The smallest absolute Gasteiger partial charge is 0.395 e. The van der Waals surface area contributed by atoms with Gasteiger partial charge in [-0.2, -0.15) is 13.2 Å². The number of nitrogens with two attached hydrogens (primary N) is 1. The lowest BCUT2D eigenvalue weighted by Crippen LogP contribution is -2.25. The Morgan fingerprint density at radius 3 is 2.62 bits per heavy atom. The third kappa shape index (κ3) is 2.40. The highest BCUT2D eigenvalue weighted by Gasteiger charge is 2.39. The Bertz CT molecular complexity index is 255. The molecule has 1 aliphatic rings. The molecule has 0 spiro atoms. The highest BCUT2D eigenvalue weighted by molar-refractivity contribution is 5.24. The van der Waals surface area contributed by atoms with Crippen LogP contribution in [0.15, 0.2) is 23.6 Å². The number of alkyl halides is 3. The van der Waals surface area contributed by atoms with Gasteiger partial charge in [-0.25, -0.2) is 0 Å². The van der Waals surface area contributed by atoms with Crippen LogP contribution in [0.5, 0.6) is 0 Å². The Labute approximate surface area is 73.9 Å². The van der Waals surface area contributed by atoms with Crippen LogP contribution in [-0.2, 0) is 4.74 Å². The van der Waals surface area contributed by atoms with Crippen molar-refractivity contribution >= 4 is 0 Å². The average molecular weight is 193 g/mol. The number of allylic oxidation sites excluding steroid dienone is 3. The van der Waals surface area contributed by atoms with Crippen molar-refractivity contribution in [3.05, 3.63) is 23.6 Å². The molecule has 0 heterocycles. The molecule has 0 aromatic rings. The second-order valence-corrected chi connectivity index (χ2v) is 2.83. The van der Waals surface area contributed by atoms with Gasteiger partial charge in [-0.1, -0.05) is 0 Å². The lowest BCUT2D eigenvalue weighted by molar-refractivity contribution is -0.162. The van der Waals surface area contributed by atoms with Gasteiger partial charge in [-0.15, -0.1) is 0 Å². The highest BCUT2D eigenvalue weighted by atomic mass is 19.4. The van der Waals surface area contributed by atoms with Crippen molar-refractivity contribution in [1.29, 1.82) is 0 Å². The molecule has 5 heteroatoms. The van der Waals surface area contributed by atoms with Gasteiger partial charge in [0.2, 0.25) is 0 Å². The van der Waals surface area contributed by atoms with Crippen molar-refractivity contribution < 1.29 is 17.9 Å². The molecule has 1 rings (SSSR count). The van der Waals surface area contributed by atoms with Crippen molar-refractivity contribution in [3.63, 3.8) is 0 Å². The maximum absolute atomic E-state index is 12.2. The number of hydrogen-bond donors (Lipinski definition) is 1. The van der Waals surface area contributed by atoms with Crippen molar-refractivity contribution in [2.75, 3.05) is 7.11 Å². The van der Waals surface area contributed by atoms with Gasteiger partial charge >= 0.3 is 6.18 Å². The van der Waals surface area contributed by atoms with E-state index < -0.39 is 12.1 Å². The van der Waals surface area contributed by atoms with Crippen LogP contribution in [0.25, 0.3) is 0 Å². The second-order valence-electron chi connectivity index (χ2n) is 2.83. The normalized spacial score (nSPS) is 23.5. The number of rotatable bonds is 1. The summed E-state index contributed by atoms with van der Waals surface area (Å²) in [7, 11) is 1.33. The van der Waals surface area contributed by atoms with E-state index in [0.29, 0.717) is 0 Å². The first kappa shape index (κ1) is 9.95. The Hall–Kier alpha value is -1.13. The largest absolute Gasteiger partial charge is 0.501 e. The molecule has 0 fully saturated rings. The van der Waals surface area contributed by atoms with Crippen LogP contribution < -0.4 is 5.73 Å². The second kappa shape index (κ2) is 3.32. The zero-order valence-corrected chi connectivity index (χ0v) is 7.06. The van der Waals surface area contributed by atoms with Crippen LogP contribution in [0.1, 0.15) is 6.42 Å². The third-order valence-electron chi connectivity index (χ3n) is 1.83. The molecular formula is C8H10F3NO. The molecule has 1 atom stereocenters. The highest BCUT2D eigenvalue weighted by Crippen LogP contribution is 2.35. The Morgan fingerprint density at radius 2 is 2.15 bits per heavy atom. The van der Waals surface area contributed by atoms with E-state index in [1.807, 2.05) is 0 Å². The van der Waals surface area contributed by atoms with Gasteiger partial charge in [0.1, 0.15) is 0 Å². The van der Waals surface area contributed by atoms with Crippen molar-refractivity contribution in [2.45, 2.75) is 12.6 Å². The minimum atomic E-state index is -4.25. The van der Waals surface area contributed by atoms with E-state index in [0.717, 1.165) is 6.08 Å². The molecule has 74 valence electrons. The maximum atomic E-state index is 12.2. The fraction of sp³-hybridized carbons (Fsp3) is 0.500. The summed E-state index contributed by atoms with van der Waals surface area (Å²) in [6, 6.07) is 0. The topological polar surface area (TPSA) is 35.2 Å². The molecule has 0 aromatic heterocycles. The van der Waals surface area contributed by atoms with E-state index in [1.165, 1.54) is 13.2 Å². The SMILES string of the molecule is COC1=CC(N)=CC(C(F)(F)F)C1. The van der Waals surface area contributed by atoms with E-state index in [2.05, 4.69) is 0 Å². The zero-order chi connectivity index (χ0) is 10.1. The van der Waals surface area contributed by atoms with E-state index in [-0.39, 0.29) is 17.9 Å². The van der Waals surface area contributed by atoms with Crippen molar-refractivity contribution in [3.8, 4) is 0 Å². The lowest BCUT2D eigenvalue weighted by Gasteiger charge is -2.21. The molecule has 2 nitrogen and oxygen atoms in total. The summed E-state index contributed by atoms with van der Waals surface area (Å²) in [5.41, 5.74) is 5.39. The predicted molar refractivity (Wildman–Crippen MR) is 41.5 cm³/mol. The molecule has 13 heavy (non-hydrogen) atoms. The van der Waals surface area contributed by atoms with Gasteiger partial charge in [0.15, 0.2) is 0 Å². The summed E-state index contributed by atoms with van der Waals surface area (Å²) < 4.78 is 41.5. The monoisotopic (exact) mass is 193 g/mol. The van der Waals surface area contributed by atoms with E-state index in [1.54, 1.807) is 0 Å². The van der Waals surface area contributed by atoms with Gasteiger partial charge < -0.3 is 10.5 Å². The lowest BCUT2D eigenvalue weighted by atomic mass is 9.97. The Kier molecular flexibility index (Phi) is 2.54. The van der Waals surface area contributed by atoms with Crippen molar-refractivity contribution in [1.82, 2.24) is 0 Å². The first-order valence-electron chi connectivity index (χ1n) is 3.72. The standard InChI is InChI=1S/C8H10F3NO/c1-13-7-3-5(8(9,10)11)2-6(12)4-7/h2,4-5H,3,12H2,1H3. The summed E-state index contributed by atoms with van der Waals surface area (Å²) >= 11 is 0. The van der Waals surface area contributed by atoms with Gasteiger partial charge in [0, 0.05) is 12.1 Å². The molecule has 1 unspecified atom stereocenters. The van der Waals surface area contributed by atoms with E-state index >= 15 is 0 Å². The first-order valence-corrected chi connectivity index (χ1v) is 3.72. The zero-order valence-electron chi connectivity index (χ0n) is 7.06. The van der Waals surface area contributed by atoms with Gasteiger partial charge in [-0.3, -0.25) is 0 Å². The number of ether oxygens (including phenoxy) is 1. The maximum Gasteiger partial charge on any atom is 0.395 e. The van der Waals surface area contributed by atoms with Crippen LogP contribution in [0.3, 0.4) is 0 Å². The molecule has 2 N–H and O–H groups in total. The van der Waals surface area contributed by atoms with Crippen LogP contribution >= 0.6 is 0 Å². The Balaban J connectivity index is 2.81. The molecule has 1 aliphatic carbocycles. The third-order valence-corrected chi connectivity index (χ3v) is 1.83. The number of methoxy groups -OCH3 is 1. The summed E-state index contributed by atoms with van der Waals surface area (Å²) in [6.45, 7) is 0. The van der Waals surface area contributed by atoms with Crippen LogP contribution in [-0.4, -0.2) is 13.3 Å². The molecule has 0 saturated carbocycles. The summed E-state index contributed by atoms with van der Waals surface area (Å²) in [6.07, 6.45) is -2.01. The fourth-order valence-corrected chi connectivity index (χ4v) is 1.15. The first-order chi connectivity index (χ1) is 5.93. The molecule has 0 radical (unpaired) electrons. The molecular weight excluding hydrogens is 183 g/mol. The summed E-state index contributed by atoms with van der Waals surface area (Å²) in [4.78, 5) is 0. The van der Waals surface area contributed by atoms with Gasteiger partial charge in [0.05, 0.1) is 18.8 Å². The summed E-state index contributed by atoms with van der Waals surface area (Å²) in [5, 5.41) is 0. The van der Waals surface area contributed by atoms with Gasteiger partial charge in [-0.05, 0) is 12.2 Å². The molecule has 0 bridgehead atoms. The van der Waals surface area contributed by atoms with Crippen molar-refractivity contribution in [2.24, 2.45) is 11.7 Å². The van der Waals surface area contributed by atoms with Crippen LogP contribution in [0, 0.1) is 5.92 Å². The molecule has 0 aromatic carbocycles. The fourth-order valence-electron chi connectivity index (χ4n) is 1.15. The number of hydrogen-bond acceptors (Lipinski definition) is 2. The minimum absolute atomic E-state index is 0.102. The average Bonchev–Trinajstić information content (AvgIpc) is 2.01. The molecule has 0 aliphatic heterocycles. The Morgan fingerprint density at radius 1 is 1.54 bits per heavy atom. The van der Waals surface area contributed by atoms with Crippen LogP contribution in [0.2, 0.25) is 0 Å². The molecule has 0 amide bonds. The summed E-state index contributed by atoms with van der Waals surface area (Å²) in [5.74, 6) is -1.25. The van der Waals surface area contributed by atoms with E-state index in [9.17, 15) is 13.2 Å². The van der Waals surface area contributed by atoms with Gasteiger partial charge in [0.25, 0.3) is 0 Å². The minimum Gasteiger partial charge on any atom is -0.501 e. The number of halogens is 3.